The zero-order valence-electron chi connectivity index (χ0n) is 15.3. The molecule has 4 aromatic heterocycles. The molecule has 28 heavy (non-hydrogen) atoms. The third kappa shape index (κ3) is 2.28. The molecule has 2 heteroatoms. The summed E-state index contributed by atoms with van der Waals surface area (Å²) < 4.78 is 4.39. The summed E-state index contributed by atoms with van der Waals surface area (Å²) in [5.41, 5.74) is 4.92. The van der Waals surface area contributed by atoms with E-state index >= 15 is 0 Å². The molecule has 4 heterocycles. The highest BCUT2D eigenvalue weighted by Gasteiger charge is 2.14. The lowest BCUT2D eigenvalue weighted by Crippen LogP contribution is -2.20. The molecule has 0 atom stereocenters. The summed E-state index contributed by atoms with van der Waals surface area (Å²) in [5, 5.41) is 5.04. The van der Waals surface area contributed by atoms with Crippen LogP contribution in [0, 0.1) is 0 Å². The van der Waals surface area contributed by atoms with Crippen LogP contribution in [0.1, 0.15) is 0 Å². The normalized spacial score (nSPS) is 11.6. The molecule has 130 valence electrons. The highest BCUT2D eigenvalue weighted by atomic mass is 14.8. The summed E-state index contributed by atoms with van der Waals surface area (Å²) >= 11 is 0. The van der Waals surface area contributed by atoms with E-state index in [1.807, 2.05) is 0 Å². The second-order valence-corrected chi connectivity index (χ2v) is 7.23. The Morgan fingerprint density at radius 1 is 0.464 bits per heavy atom. The molecule has 0 spiro atoms. The van der Waals surface area contributed by atoms with Crippen molar-refractivity contribution in [2.45, 2.75) is 0 Å². The van der Waals surface area contributed by atoms with E-state index in [1.165, 1.54) is 43.7 Å². The predicted molar refractivity (Wildman–Crippen MR) is 113 cm³/mol. The summed E-state index contributed by atoms with van der Waals surface area (Å²) in [6, 6.07) is 30.3. The van der Waals surface area contributed by atoms with E-state index < -0.39 is 0 Å². The molecule has 6 rings (SSSR count). The van der Waals surface area contributed by atoms with Crippen LogP contribution >= 0.6 is 0 Å². The number of fused-ring (bicyclic) bond motifs is 4. The maximum Gasteiger partial charge on any atom is 0.211 e. The van der Waals surface area contributed by atoms with Crippen LogP contribution in [0.2, 0.25) is 0 Å². The van der Waals surface area contributed by atoms with Crippen LogP contribution in [0.25, 0.3) is 43.7 Å². The second-order valence-electron chi connectivity index (χ2n) is 7.23. The number of nitrogens with zero attached hydrogens (tertiary/aromatic N) is 2. The molecule has 0 saturated heterocycles. The molecule has 2 aromatic carbocycles. The molecule has 0 fully saturated rings. The first-order valence-electron chi connectivity index (χ1n) is 9.53. The second kappa shape index (κ2) is 5.86. The Morgan fingerprint density at radius 2 is 0.964 bits per heavy atom. The number of hydrogen-bond donors (Lipinski definition) is 0. The van der Waals surface area contributed by atoms with E-state index in [2.05, 4.69) is 119 Å². The van der Waals surface area contributed by atoms with Crippen LogP contribution in [-0.2, 0) is 0 Å². The summed E-state index contributed by atoms with van der Waals surface area (Å²) in [7, 11) is 0. The van der Waals surface area contributed by atoms with Gasteiger partial charge in [0.15, 0.2) is 24.8 Å². The number of pyridine rings is 4. The topological polar surface area (TPSA) is 8.20 Å². The van der Waals surface area contributed by atoms with E-state index in [-0.39, 0.29) is 0 Å². The van der Waals surface area contributed by atoms with Gasteiger partial charge in [0.2, 0.25) is 11.0 Å². The molecule has 6 aromatic rings. The van der Waals surface area contributed by atoms with Gasteiger partial charge in [-0.15, -0.1) is 0 Å². The lowest BCUT2D eigenvalue weighted by Gasteiger charge is -2.09. The molecule has 0 bridgehead atoms. The van der Waals surface area contributed by atoms with Crippen molar-refractivity contribution in [3.05, 3.63) is 110 Å². The van der Waals surface area contributed by atoms with Gasteiger partial charge in [0.25, 0.3) is 0 Å². The van der Waals surface area contributed by atoms with Crippen LogP contribution in [0.15, 0.2) is 110 Å². The van der Waals surface area contributed by atoms with Crippen molar-refractivity contribution < 1.29 is 8.80 Å². The Bertz CT molecular complexity index is 1400. The standard InChI is InChI=1S/C26H18N2/c1-3-13-27-17-25-19(15-21(27)9-1)7-5-11-23(25)24-12-6-8-20-16-22-10-2-4-14-28(22)18-26(20)24/h1-18H/q+2. The summed E-state index contributed by atoms with van der Waals surface area (Å²) in [6.45, 7) is 0. The third-order valence-electron chi connectivity index (χ3n) is 5.56. The molecule has 0 aliphatic rings. The molecule has 0 N–H and O–H groups in total. The van der Waals surface area contributed by atoms with Gasteiger partial charge in [0.1, 0.15) is 0 Å². The van der Waals surface area contributed by atoms with Crippen LogP contribution in [0.4, 0.5) is 0 Å². The molecule has 0 unspecified atom stereocenters. The monoisotopic (exact) mass is 358 g/mol. The number of rotatable bonds is 1. The Labute approximate surface area is 162 Å². The first kappa shape index (κ1) is 15.3. The largest absolute Gasteiger partial charge is 0.211 e. The zero-order valence-corrected chi connectivity index (χ0v) is 15.3. The number of aromatic nitrogens is 2. The van der Waals surface area contributed by atoms with Gasteiger partial charge in [0, 0.05) is 36.4 Å². The number of benzene rings is 2. The van der Waals surface area contributed by atoms with E-state index in [9.17, 15) is 0 Å². The zero-order chi connectivity index (χ0) is 18.5. The molecule has 0 amide bonds. The van der Waals surface area contributed by atoms with Gasteiger partial charge in [-0.2, -0.15) is 8.80 Å². The minimum absolute atomic E-state index is 1.20. The van der Waals surface area contributed by atoms with Crippen molar-refractivity contribution in [1.82, 2.24) is 0 Å². The van der Waals surface area contributed by atoms with Gasteiger partial charge in [-0.1, -0.05) is 36.4 Å². The fraction of sp³-hybridized carbons (Fsp3) is 0. The Kier molecular flexibility index (Phi) is 3.20. The Morgan fingerprint density at radius 3 is 1.46 bits per heavy atom. The molecule has 0 saturated carbocycles. The quantitative estimate of drug-likeness (QED) is 0.284. The predicted octanol–water partition coefficient (Wildman–Crippen LogP) is 5.14. The van der Waals surface area contributed by atoms with Crippen molar-refractivity contribution in [2.24, 2.45) is 0 Å². The summed E-state index contributed by atoms with van der Waals surface area (Å²) in [6.07, 6.45) is 8.70. The Balaban J connectivity index is 1.72. The minimum Gasteiger partial charge on any atom is -0.167 e. The Hall–Kier alpha value is -3.78. The minimum atomic E-state index is 1.20. The summed E-state index contributed by atoms with van der Waals surface area (Å²) in [4.78, 5) is 0. The summed E-state index contributed by atoms with van der Waals surface area (Å²) in [5.74, 6) is 0. The van der Waals surface area contributed by atoms with E-state index in [4.69, 9.17) is 0 Å². The smallest absolute Gasteiger partial charge is 0.167 e. The van der Waals surface area contributed by atoms with E-state index in [1.54, 1.807) is 0 Å². The SMILES string of the molecule is c1cc(-c2cccc3cc4cccc[n+]4cc23)c2c[n+]3ccccc3cc2c1. The van der Waals surface area contributed by atoms with Crippen molar-refractivity contribution in [1.29, 1.82) is 0 Å². The highest BCUT2D eigenvalue weighted by molar-refractivity contribution is 6.05. The maximum atomic E-state index is 2.26. The first-order valence-corrected chi connectivity index (χ1v) is 9.53. The average molecular weight is 358 g/mol. The van der Waals surface area contributed by atoms with Crippen LogP contribution in [-0.4, -0.2) is 0 Å². The molecular formula is C26H18N2+2. The molecule has 0 radical (unpaired) electrons. The van der Waals surface area contributed by atoms with Crippen molar-refractivity contribution in [3.8, 4) is 11.1 Å². The fourth-order valence-corrected chi connectivity index (χ4v) is 4.19. The lowest BCUT2D eigenvalue weighted by atomic mass is 9.95. The van der Waals surface area contributed by atoms with Crippen molar-refractivity contribution >= 4 is 32.6 Å². The molecular weight excluding hydrogens is 340 g/mol. The highest BCUT2D eigenvalue weighted by Crippen LogP contribution is 2.33. The van der Waals surface area contributed by atoms with Gasteiger partial charge in [-0.05, 0) is 34.0 Å². The van der Waals surface area contributed by atoms with E-state index in [0.29, 0.717) is 0 Å². The van der Waals surface area contributed by atoms with Crippen molar-refractivity contribution in [3.63, 3.8) is 0 Å². The fourth-order valence-electron chi connectivity index (χ4n) is 4.19. The first-order chi connectivity index (χ1) is 13.9. The van der Waals surface area contributed by atoms with Crippen LogP contribution < -0.4 is 8.80 Å². The van der Waals surface area contributed by atoms with Gasteiger partial charge in [0.05, 0.1) is 10.8 Å². The lowest BCUT2D eigenvalue weighted by molar-refractivity contribution is -0.510. The molecule has 0 aliphatic heterocycles. The van der Waals surface area contributed by atoms with Crippen molar-refractivity contribution in [2.75, 3.05) is 0 Å². The van der Waals surface area contributed by atoms with Gasteiger partial charge in [-0.3, -0.25) is 0 Å². The average Bonchev–Trinajstić information content (AvgIpc) is 2.75. The van der Waals surface area contributed by atoms with Gasteiger partial charge < -0.3 is 0 Å². The third-order valence-corrected chi connectivity index (χ3v) is 5.56. The van der Waals surface area contributed by atoms with E-state index in [0.717, 1.165) is 0 Å². The number of hydrogen-bond acceptors (Lipinski definition) is 0. The van der Waals surface area contributed by atoms with Crippen LogP contribution in [0.3, 0.4) is 0 Å². The maximum absolute atomic E-state index is 2.26. The van der Waals surface area contributed by atoms with Crippen LogP contribution in [0.5, 0.6) is 0 Å². The molecule has 0 aliphatic carbocycles. The van der Waals surface area contributed by atoms with Gasteiger partial charge in [-0.25, -0.2) is 0 Å². The van der Waals surface area contributed by atoms with Gasteiger partial charge >= 0.3 is 0 Å². The molecule has 2 nitrogen and oxygen atoms in total.